The fourth-order valence-corrected chi connectivity index (χ4v) is 6.12. The van der Waals surface area contributed by atoms with E-state index in [0.717, 1.165) is 36.3 Å². The van der Waals surface area contributed by atoms with Gasteiger partial charge in [-0.3, -0.25) is 4.79 Å². The van der Waals surface area contributed by atoms with Gasteiger partial charge in [0.25, 0.3) is 5.92 Å². The van der Waals surface area contributed by atoms with Gasteiger partial charge in [0.2, 0.25) is 5.91 Å². The van der Waals surface area contributed by atoms with Crippen LogP contribution in [0.1, 0.15) is 44.6 Å². The maximum Gasteiger partial charge on any atom is 0.274 e. The quantitative estimate of drug-likeness (QED) is 0.648. The van der Waals surface area contributed by atoms with Crippen LogP contribution in [0.25, 0.3) is 0 Å². The van der Waals surface area contributed by atoms with Gasteiger partial charge in [-0.15, -0.1) is 0 Å². The molecule has 2 bridgehead atoms. The fourth-order valence-electron chi connectivity index (χ4n) is 6.12. The Labute approximate surface area is 209 Å². The molecule has 4 aliphatic heterocycles. The van der Waals surface area contributed by atoms with Crippen LogP contribution in [-0.4, -0.2) is 54.8 Å². The Bertz CT molecular complexity index is 1140. The molecule has 4 atom stereocenters. The number of ether oxygens (including phenoxy) is 2. The lowest BCUT2D eigenvalue weighted by Gasteiger charge is -2.46. The van der Waals surface area contributed by atoms with E-state index in [4.69, 9.17) is 9.47 Å². The first-order valence-electron chi connectivity index (χ1n) is 13.0. The molecular formula is C27H32F2N4O3. The van der Waals surface area contributed by atoms with Crippen molar-refractivity contribution in [1.29, 1.82) is 0 Å². The van der Waals surface area contributed by atoms with E-state index in [2.05, 4.69) is 21.3 Å². The summed E-state index contributed by atoms with van der Waals surface area (Å²) in [6.45, 7) is 3.76. The minimum atomic E-state index is -3.03. The number of hydrogen-bond acceptors (Lipinski definition) is 6. The number of aromatic nitrogens is 1. The number of hydrogen-bond donors (Lipinski definition) is 1. The lowest BCUT2D eigenvalue weighted by atomic mass is 9.83. The van der Waals surface area contributed by atoms with E-state index in [9.17, 15) is 13.6 Å². The van der Waals surface area contributed by atoms with Crippen LogP contribution < -0.4 is 15.1 Å². The van der Waals surface area contributed by atoms with Crippen molar-refractivity contribution in [2.24, 2.45) is 5.92 Å². The number of anilines is 4. The highest BCUT2D eigenvalue weighted by Crippen LogP contribution is 2.44. The van der Waals surface area contributed by atoms with Gasteiger partial charge >= 0.3 is 0 Å². The normalized spacial score (nSPS) is 28.6. The zero-order chi connectivity index (χ0) is 24.9. The van der Waals surface area contributed by atoms with Crippen molar-refractivity contribution >= 4 is 28.8 Å². The molecule has 1 saturated carbocycles. The van der Waals surface area contributed by atoms with E-state index in [1.165, 1.54) is 0 Å². The molecule has 7 rings (SSSR count). The van der Waals surface area contributed by atoms with Crippen molar-refractivity contribution in [3.63, 3.8) is 0 Å². The molecular weight excluding hydrogens is 466 g/mol. The van der Waals surface area contributed by atoms with Crippen molar-refractivity contribution in [3.8, 4) is 0 Å². The van der Waals surface area contributed by atoms with Crippen LogP contribution in [0.3, 0.4) is 0 Å². The van der Waals surface area contributed by atoms with Crippen molar-refractivity contribution in [1.82, 2.24) is 4.98 Å². The van der Waals surface area contributed by atoms with Gasteiger partial charge in [-0.2, -0.15) is 0 Å². The summed E-state index contributed by atoms with van der Waals surface area (Å²) in [6, 6.07) is 10.1. The molecule has 1 aliphatic carbocycles. The van der Waals surface area contributed by atoms with E-state index in [1.807, 2.05) is 24.3 Å². The van der Waals surface area contributed by atoms with E-state index >= 15 is 0 Å². The monoisotopic (exact) mass is 498 g/mol. The molecule has 9 heteroatoms. The summed E-state index contributed by atoms with van der Waals surface area (Å²) in [7, 11) is 0. The first-order valence-corrected chi connectivity index (χ1v) is 13.0. The zero-order valence-electron chi connectivity index (χ0n) is 20.5. The molecule has 1 N–H and O–H groups in total. The Morgan fingerprint density at radius 3 is 2.86 bits per heavy atom. The average Bonchev–Trinajstić information content (AvgIpc) is 3.06. The van der Waals surface area contributed by atoms with Crippen LogP contribution >= 0.6 is 0 Å². The maximum absolute atomic E-state index is 14.9. The number of rotatable bonds is 4. The lowest BCUT2D eigenvalue weighted by Crippen LogP contribution is -2.54. The molecule has 3 saturated heterocycles. The smallest absolute Gasteiger partial charge is 0.274 e. The number of amides is 1. The second kappa shape index (κ2) is 9.27. The third-order valence-corrected chi connectivity index (χ3v) is 8.01. The molecule has 7 nitrogen and oxygen atoms in total. The van der Waals surface area contributed by atoms with Crippen molar-refractivity contribution < 1.29 is 23.0 Å². The molecule has 1 amide bonds. The number of carbonyl (C=O) groups excluding carboxylic acids is 1. The number of nitrogens with zero attached hydrogens (tertiary/aromatic N) is 3. The van der Waals surface area contributed by atoms with Crippen molar-refractivity contribution in [2.45, 2.75) is 69.7 Å². The van der Waals surface area contributed by atoms with E-state index in [0.29, 0.717) is 30.6 Å². The van der Waals surface area contributed by atoms with Gasteiger partial charge in [-0.1, -0.05) is 6.07 Å². The molecule has 0 spiro atoms. The Morgan fingerprint density at radius 1 is 1.25 bits per heavy atom. The number of carbonyl (C=O) groups is 1. The van der Waals surface area contributed by atoms with Gasteiger partial charge < -0.3 is 24.6 Å². The number of halogens is 2. The molecule has 192 valence electrons. The Hall–Kier alpha value is -2.78. The topological polar surface area (TPSA) is 66.9 Å². The maximum atomic E-state index is 14.9. The van der Waals surface area contributed by atoms with Crippen LogP contribution in [0, 0.1) is 5.92 Å². The largest absolute Gasteiger partial charge is 0.374 e. The van der Waals surface area contributed by atoms with Gasteiger partial charge in [-0.05, 0) is 56.9 Å². The average molecular weight is 499 g/mol. The number of pyridine rings is 1. The van der Waals surface area contributed by atoms with E-state index in [-0.39, 0.29) is 31.6 Å². The molecule has 0 unspecified atom stereocenters. The lowest BCUT2D eigenvalue weighted by molar-refractivity contribution is -0.170. The van der Waals surface area contributed by atoms with E-state index < -0.39 is 24.4 Å². The highest BCUT2D eigenvalue weighted by atomic mass is 19.3. The molecule has 2 aromatic rings. The van der Waals surface area contributed by atoms with Crippen LogP contribution in [0.4, 0.5) is 31.7 Å². The molecule has 1 aromatic carbocycles. The van der Waals surface area contributed by atoms with Gasteiger partial charge in [0, 0.05) is 42.9 Å². The number of fused-ring (bicyclic) bond motifs is 5. The Kier molecular flexibility index (Phi) is 6.08. The molecule has 1 aromatic heterocycles. The number of morpholine rings is 1. The number of benzene rings is 1. The fraction of sp³-hybridized carbons (Fsp3) is 0.556. The van der Waals surface area contributed by atoms with Gasteiger partial charge in [0.1, 0.15) is 11.9 Å². The highest BCUT2D eigenvalue weighted by Gasteiger charge is 2.49. The number of piperidine rings is 1. The molecule has 5 heterocycles. The zero-order valence-corrected chi connectivity index (χ0v) is 20.5. The first kappa shape index (κ1) is 23.6. The summed E-state index contributed by atoms with van der Waals surface area (Å²) in [6.07, 6.45) is 3.00. The molecule has 36 heavy (non-hydrogen) atoms. The minimum absolute atomic E-state index is 0.172. The molecule has 5 aliphatic rings. The van der Waals surface area contributed by atoms with Gasteiger partial charge in [-0.25, -0.2) is 13.8 Å². The summed E-state index contributed by atoms with van der Waals surface area (Å²) in [5.74, 6) is -3.40. The predicted molar refractivity (Wildman–Crippen MR) is 133 cm³/mol. The predicted octanol–water partition coefficient (Wildman–Crippen LogP) is 4.88. The van der Waals surface area contributed by atoms with Crippen LogP contribution in [0.15, 0.2) is 36.5 Å². The second-order valence-corrected chi connectivity index (χ2v) is 10.3. The Morgan fingerprint density at radius 2 is 2.14 bits per heavy atom. The standard InChI is InChI=1S/C27H32F2N4O3/c1-2-35-24-10-5-17(13-27(24,28)29)26(34)33-14-18-4-3-11-30-25(18)31-22-9-7-19(12-23(22)33)32-15-21-8-6-20(32)16-36-21/h3-4,7,9,11-12,17,20-21,24H,2,5-6,8,10,13-16H2,1H3,(H,30,31)/t17-,20-,21-,24-/m1/s1. The summed E-state index contributed by atoms with van der Waals surface area (Å²) in [5, 5.41) is 3.38. The van der Waals surface area contributed by atoms with Crippen LogP contribution in [-0.2, 0) is 20.8 Å². The summed E-state index contributed by atoms with van der Waals surface area (Å²) in [4.78, 5) is 22.4. The summed E-state index contributed by atoms with van der Waals surface area (Å²) in [5.41, 5.74) is 3.32. The summed E-state index contributed by atoms with van der Waals surface area (Å²) >= 11 is 0. The Balaban J connectivity index is 1.34. The third kappa shape index (κ3) is 4.22. The number of alkyl halides is 2. The van der Waals surface area contributed by atoms with Crippen LogP contribution in [0.5, 0.6) is 0 Å². The summed E-state index contributed by atoms with van der Waals surface area (Å²) < 4.78 is 41.0. The number of nitrogens with one attached hydrogen (secondary N) is 1. The van der Waals surface area contributed by atoms with Crippen molar-refractivity contribution in [3.05, 3.63) is 42.1 Å². The van der Waals surface area contributed by atoms with Gasteiger partial charge in [0.05, 0.1) is 36.7 Å². The molecule has 4 fully saturated rings. The minimum Gasteiger partial charge on any atom is -0.374 e. The second-order valence-electron chi connectivity index (χ2n) is 10.3. The highest BCUT2D eigenvalue weighted by molar-refractivity contribution is 6.00. The molecule has 0 radical (unpaired) electrons. The SMILES string of the molecule is CCO[C@@H]1CC[C@@H](C(=O)N2Cc3cccnc3Nc3ccc(N4C[C@H]5CC[C@@H]4CO5)cc32)CC1(F)F. The first-order chi connectivity index (χ1) is 17.4. The van der Waals surface area contributed by atoms with Crippen LogP contribution in [0.2, 0.25) is 0 Å². The van der Waals surface area contributed by atoms with Crippen molar-refractivity contribution in [2.75, 3.05) is 34.9 Å². The third-order valence-electron chi connectivity index (χ3n) is 8.01. The van der Waals surface area contributed by atoms with Gasteiger partial charge in [0.15, 0.2) is 0 Å². The van der Waals surface area contributed by atoms with E-state index in [1.54, 1.807) is 18.0 Å².